The van der Waals surface area contributed by atoms with Gasteiger partial charge in [0.25, 0.3) is 0 Å². The highest BCUT2D eigenvalue weighted by atomic mass is 33.1. The zero-order valence-corrected chi connectivity index (χ0v) is 16.0. The van der Waals surface area contributed by atoms with E-state index in [0.717, 1.165) is 31.9 Å². The highest BCUT2D eigenvalue weighted by molar-refractivity contribution is 8.59. The monoisotopic (exact) mass is 361 g/mol. The molecule has 1 saturated heterocycles. The number of ether oxygens (including phenoxy) is 1. The first-order valence-electron chi connectivity index (χ1n) is 7.66. The molecule has 0 unspecified atom stereocenters. The minimum Gasteiger partial charge on any atom is -0.487 e. The fourth-order valence-corrected chi connectivity index (χ4v) is 2.19. The summed E-state index contributed by atoms with van der Waals surface area (Å²) in [5, 5.41) is 10.9. The van der Waals surface area contributed by atoms with Gasteiger partial charge in [0, 0.05) is 44.0 Å². The van der Waals surface area contributed by atoms with E-state index in [1.54, 1.807) is 12.1 Å². The Kier molecular flexibility index (Phi) is 11.7. The summed E-state index contributed by atoms with van der Waals surface area (Å²) in [6.45, 7) is 10.1. The van der Waals surface area contributed by atoms with Crippen molar-refractivity contribution in [1.82, 2.24) is 4.90 Å². The number of anilines is 1. The van der Waals surface area contributed by atoms with Crippen LogP contribution in [0.1, 0.15) is 20.8 Å². The standard InChI is InChI=1S/C13H19N3O3.C2H6.H2S2/c1-3-19-13-10-11(4-5-12(13)16(17)18)15-8-6-14(2)7-9-15;2*1-2/h4-5,10H,3,6-9H2,1-2H3;1-2H3;1-2H. The zero-order chi connectivity index (χ0) is 17.8. The number of hydrogen-bond donors (Lipinski definition) is 2. The fourth-order valence-electron chi connectivity index (χ4n) is 2.19. The number of rotatable bonds is 4. The van der Waals surface area contributed by atoms with E-state index in [1.165, 1.54) is 6.07 Å². The lowest BCUT2D eigenvalue weighted by molar-refractivity contribution is -0.385. The van der Waals surface area contributed by atoms with Gasteiger partial charge < -0.3 is 14.5 Å². The summed E-state index contributed by atoms with van der Waals surface area (Å²) in [6, 6.07) is 5.09. The van der Waals surface area contributed by atoms with Gasteiger partial charge in [0.15, 0.2) is 5.75 Å². The summed E-state index contributed by atoms with van der Waals surface area (Å²) in [6.07, 6.45) is 0. The van der Waals surface area contributed by atoms with E-state index in [-0.39, 0.29) is 5.69 Å². The molecule has 1 aliphatic heterocycles. The molecule has 1 aromatic carbocycles. The van der Waals surface area contributed by atoms with Gasteiger partial charge in [-0.15, -0.1) is 23.3 Å². The van der Waals surface area contributed by atoms with E-state index in [2.05, 4.69) is 40.2 Å². The van der Waals surface area contributed by atoms with Crippen molar-refractivity contribution in [3.8, 4) is 5.75 Å². The summed E-state index contributed by atoms with van der Waals surface area (Å²) >= 11 is 6.44. The fraction of sp³-hybridized carbons (Fsp3) is 0.600. The number of benzene rings is 1. The van der Waals surface area contributed by atoms with Crippen LogP contribution < -0.4 is 9.64 Å². The Morgan fingerprint density at radius 2 is 1.78 bits per heavy atom. The predicted molar refractivity (Wildman–Crippen MR) is 103 cm³/mol. The third-order valence-corrected chi connectivity index (χ3v) is 3.31. The average Bonchev–Trinajstić information content (AvgIpc) is 2.59. The van der Waals surface area contributed by atoms with Gasteiger partial charge in [-0.2, -0.15) is 0 Å². The number of nitrogens with zero attached hydrogens (tertiary/aromatic N) is 3. The molecule has 1 heterocycles. The van der Waals surface area contributed by atoms with Crippen LogP contribution in [-0.2, 0) is 0 Å². The van der Waals surface area contributed by atoms with E-state index in [1.807, 2.05) is 20.8 Å². The molecule has 1 aromatic rings. The van der Waals surface area contributed by atoms with Crippen molar-refractivity contribution >= 4 is 34.7 Å². The number of nitro benzene ring substituents is 1. The highest BCUT2D eigenvalue weighted by Gasteiger charge is 2.19. The molecular weight excluding hydrogens is 334 g/mol. The summed E-state index contributed by atoms with van der Waals surface area (Å²) in [5.41, 5.74) is 1.02. The largest absolute Gasteiger partial charge is 0.487 e. The summed E-state index contributed by atoms with van der Waals surface area (Å²) in [5.74, 6) is 0.351. The second kappa shape index (κ2) is 12.3. The van der Waals surface area contributed by atoms with Crippen molar-refractivity contribution in [2.75, 3.05) is 44.7 Å². The highest BCUT2D eigenvalue weighted by Crippen LogP contribution is 2.32. The molecule has 0 aromatic heterocycles. The minimum atomic E-state index is -0.404. The van der Waals surface area contributed by atoms with Crippen molar-refractivity contribution in [3.05, 3.63) is 28.3 Å². The van der Waals surface area contributed by atoms with Crippen molar-refractivity contribution in [1.29, 1.82) is 0 Å². The Bertz CT molecular complexity index is 467. The van der Waals surface area contributed by atoms with E-state index < -0.39 is 4.92 Å². The van der Waals surface area contributed by atoms with E-state index in [0.29, 0.717) is 12.4 Å². The van der Waals surface area contributed by atoms with Crippen molar-refractivity contribution in [2.45, 2.75) is 20.8 Å². The Hall–Kier alpha value is -1.12. The van der Waals surface area contributed by atoms with Crippen LogP contribution in [0.25, 0.3) is 0 Å². The molecule has 2 rings (SSSR count). The number of nitro groups is 1. The summed E-state index contributed by atoms with van der Waals surface area (Å²) < 4.78 is 5.37. The molecule has 1 aliphatic rings. The molecule has 0 amide bonds. The predicted octanol–water partition coefficient (Wildman–Crippen LogP) is 3.53. The van der Waals surface area contributed by atoms with Gasteiger partial charge in [-0.1, -0.05) is 13.8 Å². The molecule has 0 radical (unpaired) electrons. The SMILES string of the molecule is CC.CCOc1cc(N2CCN(C)CC2)ccc1[N+](=O)[O-].SS. The quantitative estimate of drug-likeness (QED) is 0.372. The van der Waals surface area contributed by atoms with E-state index in [9.17, 15) is 10.1 Å². The van der Waals surface area contributed by atoms with Crippen LogP contribution in [0.4, 0.5) is 11.4 Å². The van der Waals surface area contributed by atoms with Crippen LogP contribution in [0.3, 0.4) is 0 Å². The molecule has 0 aliphatic carbocycles. The second-order valence-electron chi connectivity index (χ2n) is 4.63. The lowest BCUT2D eigenvalue weighted by atomic mass is 10.2. The smallest absolute Gasteiger partial charge is 0.311 e. The Morgan fingerprint density at radius 3 is 2.26 bits per heavy atom. The Morgan fingerprint density at radius 1 is 1.22 bits per heavy atom. The van der Waals surface area contributed by atoms with Crippen LogP contribution in [0.5, 0.6) is 5.75 Å². The van der Waals surface area contributed by atoms with Gasteiger partial charge in [0.2, 0.25) is 0 Å². The van der Waals surface area contributed by atoms with E-state index >= 15 is 0 Å². The molecule has 0 atom stereocenters. The molecule has 0 saturated carbocycles. The number of likely N-dealkylation sites (N-methyl/N-ethyl adjacent to an activating group) is 1. The average molecular weight is 362 g/mol. The second-order valence-corrected chi connectivity index (χ2v) is 4.63. The third-order valence-electron chi connectivity index (χ3n) is 3.31. The molecule has 1 fully saturated rings. The Labute approximate surface area is 149 Å². The molecule has 8 heteroatoms. The normalized spacial score (nSPS) is 14.1. The van der Waals surface area contributed by atoms with Gasteiger partial charge in [0.05, 0.1) is 11.5 Å². The van der Waals surface area contributed by atoms with Crippen LogP contribution in [0, 0.1) is 10.1 Å². The maximum atomic E-state index is 10.9. The zero-order valence-electron chi connectivity index (χ0n) is 14.2. The van der Waals surface area contributed by atoms with Crippen molar-refractivity contribution in [2.24, 2.45) is 0 Å². The van der Waals surface area contributed by atoms with Crippen molar-refractivity contribution < 1.29 is 9.66 Å². The number of piperazine rings is 1. The molecule has 23 heavy (non-hydrogen) atoms. The van der Waals surface area contributed by atoms with Crippen molar-refractivity contribution in [3.63, 3.8) is 0 Å². The molecule has 0 spiro atoms. The molecule has 0 bridgehead atoms. The van der Waals surface area contributed by atoms with Gasteiger partial charge in [-0.25, -0.2) is 0 Å². The minimum absolute atomic E-state index is 0.0275. The molecular formula is C15H27N3O3S2. The van der Waals surface area contributed by atoms with Gasteiger partial charge >= 0.3 is 5.69 Å². The molecule has 132 valence electrons. The number of thiol groups is 2. The topological polar surface area (TPSA) is 58.8 Å². The van der Waals surface area contributed by atoms with Gasteiger partial charge in [-0.3, -0.25) is 10.1 Å². The first kappa shape index (κ1) is 21.9. The number of hydrogen-bond acceptors (Lipinski definition) is 7. The third kappa shape index (κ3) is 6.88. The maximum absolute atomic E-state index is 10.9. The van der Waals surface area contributed by atoms with Crippen LogP contribution in [0.15, 0.2) is 18.2 Å². The first-order valence-corrected chi connectivity index (χ1v) is 9.26. The first-order chi connectivity index (χ1) is 11.1. The summed E-state index contributed by atoms with van der Waals surface area (Å²) in [7, 11) is 2.10. The maximum Gasteiger partial charge on any atom is 0.311 e. The van der Waals surface area contributed by atoms with Gasteiger partial charge in [0.1, 0.15) is 0 Å². The Balaban J connectivity index is 0.00000112. The summed E-state index contributed by atoms with van der Waals surface area (Å²) in [4.78, 5) is 15.0. The lowest BCUT2D eigenvalue weighted by Gasteiger charge is -2.34. The molecule has 6 nitrogen and oxygen atoms in total. The van der Waals surface area contributed by atoms with Gasteiger partial charge in [-0.05, 0) is 20.0 Å². The lowest BCUT2D eigenvalue weighted by Crippen LogP contribution is -2.44. The molecule has 0 N–H and O–H groups in total. The van der Waals surface area contributed by atoms with Crippen LogP contribution in [0.2, 0.25) is 0 Å². The van der Waals surface area contributed by atoms with E-state index in [4.69, 9.17) is 4.74 Å². The van der Waals surface area contributed by atoms with Crippen LogP contribution >= 0.6 is 23.3 Å². The van der Waals surface area contributed by atoms with Crippen LogP contribution in [-0.4, -0.2) is 49.7 Å².